The molecule has 0 saturated carbocycles. The van der Waals surface area contributed by atoms with Crippen LogP contribution in [0.4, 0.5) is 4.39 Å². The summed E-state index contributed by atoms with van der Waals surface area (Å²) in [6, 6.07) is 3.65. The monoisotopic (exact) mass is 214 g/mol. The van der Waals surface area contributed by atoms with Crippen LogP contribution < -0.4 is 0 Å². The first-order valence-electron chi connectivity index (χ1n) is 3.88. The Morgan fingerprint density at radius 3 is 2.93 bits per heavy atom. The summed E-state index contributed by atoms with van der Waals surface area (Å²) < 4.78 is 17.4. The number of benzene rings is 1. The highest BCUT2D eigenvalue weighted by atomic mass is 35.5. The van der Waals surface area contributed by atoms with Crippen molar-refractivity contribution in [2.75, 3.05) is 6.61 Å². The molecule has 0 radical (unpaired) electrons. The van der Waals surface area contributed by atoms with Crippen LogP contribution in [0, 0.1) is 5.82 Å². The summed E-state index contributed by atoms with van der Waals surface area (Å²) in [5.41, 5.74) is 0.221. The normalized spacial score (nSPS) is 9.57. The maximum absolute atomic E-state index is 12.7. The number of hydrogen-bond acceptors (Lipinski definition) is 2. The fourth-order valence-electron chi connectivity index (χ4n) is 0.841. The van der Waals surface area contributed by atoms with Crippen LogP contribution in [0.15, 0.2) is 30.9 Å². The average molecular weight is 215 g/mol. The van der Waals surface area contributed by atoms with Gasteiger partial charge in [-0.15, -0.1) is 0 Å². The molecule has 1 rings (SSSR count). The Labute approximate surface area is 85.9 Å². The molecule has 0 aliphatic carbocycles. The third-order valence-electron chi connectivity index (χ3n) is 1.49. The van der Waals surface area contributed by atoms with Gasteiger partial charge in [0.1, 0.15) is 12.4 Å². The van der Waals surface area contributed by atoms with Crippen LogP contribution in [0.25, 0.3) is 0 Å². The van der Waals surface area contributed by atoms with E-state index in [9.17, 15) is 9.18 Å². The second-order valence-corrected chi connectivity index (χ2v) is 2.92. The molecule has 4 heteroatoms. The summed E-state index contributed by atoms with van der Waals surface area (Å²) in [7, 11) is 0. The van der Waals surface area contributed by atoms with Gasteiger partial charge in [-0.1, -0.05) is 24.3 Å². The molecule has 0 aromatic heterocycles. The van der Waals surface area contributed by atoms with Gasteiger partial charge in [-0.25, -0.2) is 9.18 Å². The fourth-order valence-corrected chi connectivity index (χ4v) is 1.02. The third kappa shape index (κ3) is 2.57. The van der Waals surface area contributed by atoms with Crippen LogP contribution in [-0.4, -0.2) is 12.6 Å². The van der Waals surface area contributed by atoms with Crippen molar-refractivity contribution >= 4 is 17.6 Å². The van der Waals surface area contributed by atoms with Crippen LogP contribution in [-0.2, 0) is 4.74 Å². The molecule has 1 aromatic rings. The van der Waals surface area contributed by atoms with Crippen LogP contribution in [0.1, 0.15) is 10.4 Å². The summed E-state index contributed by atoms with van der Waals surface area (Å²) >= 11 is 5.49. The van der Waals surface area contributed by atoms with Gasteiger partial charge in [-0.2, -0.15) is 0 Å². The molecule has 0 heterocycles. The highest BCUT2D eigenvalue weighted by Crippen LogP contribution is 2.16. The lowest BCUT2D eigenvalue weighted by Gasteiger charge is -2.02. The summed E-state index contributed by atoms with van der Waals surface area (Å²) in [5, 5.41) is -0.0990. The molecule has 0 fully saturated rings. The smallest absolute Gasteiger partial charge is 0.338 e. The van der Waals surface area contributed by atoms with Crippen molar-refractivity contribution in [3.8, 4) is 0 Å². The van der Waals surface area contributed by atoms with Crippen molar-refractivity contribution in [2.24, 2.45) is 0 Å². The molecule has 0 atom stereocenters. The Morgan fingerprint density at radius 1 is 1.64 bits per heavy atom. The second kappa shape index (κ2) is 4.77. The zero-order chi connectivity index (χ0) is 10.6. The molecule has 1 aromatic carbocycles. The van der Waals surface area contributed by atoms with Crippen molar-refractivity contribution in [3.63, 3.8) is 0 Å². The van der Waals surface area contributed by atoms with Gasteiger partial charge in [-0.3, -0.25) is 0 Å². The van der Waals surface area contributed by atoms with E-state index in [1.807, 2.05) is 0 Å². The van der Waals surface area contributed by atoms with E-state index in [0.717, 1.165) is 6.07 Å². The lowest BCUT2D eigenvalue weighted by atomic mass is 10.2. The van der Waals surface area contributed by atoms with Gasteiger partial charge in [0.05, 0.1) is 10.6 Å². The molecule has 2 nitrogen and oxygen atoms in total. The zero-order valence-electron chi connectivity index (χ0n) is 7.30. The molecular formula is C10H8ClFO2. The molecule has 74 valence electrons. The molecule has 0 aliphatic heterocycles. The maximum atomic E-state index is 12.7. The van der Waals surface area contributed by atoms with E-state index in [4.69, 9.17) is 16.3 Å². The van der Waals surface area contributed by atoms with E-state index in [1.165, 1.54) is 18.2 Å². The maximum Gasteiger partial charge on any atom is 0.338 e. The first-order chi connectivity index (χ1) is 6.65. The predicted molar refractivity (Wildman–Crippen MR) is 51.9 cm³/mol. The Bertz CT molecular complexity index is 363. The fraction of sp³-hybridized carbons (Fsp3) is 0.100. The van der Waals surface area contributed by atoms with Crippen molar-refractivity contribution in [1.29, 1.82) is 0 Å². The quantitative estimate of drug-likeness (QED) is 0.571. The summed E-state index contributed by atoms with van der Waals surface area (Å²) in [6.07, 6.45) is 1.45. The minimum atomic E-state index is -0.563. The number of hydrogen-bond donors (Lipinski definition) is 0. The molecule has 0 spiro atoms. The van der Waals surface area contributed by atoms with Gasteiger partial charge in [0, 0.05) is 0 Å². The average Bonchev–Trinajstić information content (AvgIpc) is 2.18. The van der Waals surface area contributed by atoms with Gasteiger partial charge in [0.2, 0.25) is 0 Å². The molecule has 0 amide bonds. The largest absolute Gasteiger partial charge is 0.458 e. The van der Waals surface area contributed by atoms with Crippen LogP contribution in [0.2, 0.25) is 5.02 Å². The van der Waals surface area contributed by atoms with Gasteiger partial charge < -0.3 is 4.74 Å². The number of ether oxygens (including phenoxy) is 1. The number of carbonyl (C=O) groups is 1. The van der Waals surface area contributed by atoms with E-state index in [2.05, 4.69) is 6.58 Å². The number of carbonyl (C=O) groups excluding carboxylic acids is 1. The SMILES string of the molecule is C=CCOC(=O)c1ccc(F)c(Cl)c1. The van der Waals surface area contributed by atoms with Crippen molar-refractivity contribution in [3.05, 3.63) is 47.3 Å². The van der Waals surface area contributed by atoms with Gasteiger partial charge in [-0.05, 0) is 18.2 Å². The highest BCUT2D eigenvalue weighted by Gasteiger charge is 2.08. The molecule has 0 bridgehead atoms. The van der Waals surface area contributed by atoms with E-state index < -0.39 is 11.8 Å². The highest BCUT2D eigenvalue weighted by molar-refractivity contribution is 6.31. The standard InChI is InChI=1S/C10H8ClFO2/c1-2-5-14-10(13)7-3-4-9(12)8(11)6-7/h2-4,6H,1,5H2. The second-order valence-electron chi connectivity index (χ2n) is 2.52. The third-order valence-corrected chi connectivity index (χ3v) is 1.78. The zero-order valence-corrected chi connectivity index (χ0v) is 8.05. The lowest BCUT2D eigenvalue weighted by molar-refractivity contribution is 0.0549. The van der Waals surface area contributed by atoms with E-state index in [1.54, 1.807) is 0 Å². The first kappa shape index (κ1) is 10.7. The Morgan fingerprint density at radius 2 is 2.36 bits per heavy atom. The van der Waals surface area contributed by atoms with Crippen LogP contribution in [0.5, 0.6) is 0 Å². The van der Waals surface area contributed by atoms with Crippen molar-refractivity contribution in [1.82, 2.24) is 0 Å². The molecule has 14 heavy (non-hydrogen) atoms. The number of halogens is 2. The van der Waals surface area contributed by atoms with Crippen molar-refractivity contribution < 1.29 is 13.9 Å². The predicted octanol–water partition coefficient (Wildman–Crippen LogP) is 2.82. The van der Waals surface area contributed by atoms with Crippen LogP contribution in [0.3, 0.4) is 0 Å². The summed E-state index contributed by atoms with van der Waals surface area (Å²) in [5.74, 6) is -1.11. The minimum absolute atomic E-state index is 0.0990. The Balaban J connectivity index is 2.80. The first-order valence-corrected chi connectivity index (χ1v) is 4.26. The lowest BCUT2D eigenvalue weighted by Crippen LogP contribution is -2.05. The summed E-state index contributed by atoms with van der Waals surface area (Å²) in [4.78, 5) is 11.2. The van der Waals surface area contributed by atoms with Crippen LogP contribution >= 0.6 is 11.6 Å². The topological polar surface area (TPSA) is 26.3 Å². The minimum Gasteiger partial charge on any atom is -0.458 e. The summed E-state index contributed by atoms with van der Waals surface area (Å²) in [6.45, 7) is 3.51. The molecular weight excluding hydrogens is 207 g/mol. The number of rotatable bonds is 3. The van der Waals surface area contributed by atoms with E-state index in [0.29, 0.717) is 0 Å². The molecule has 0 N–H and O–H groups in total. The van der Waals surface area contributed by atoms with Gasteiger partial charge in [0.25, 0.3) is 0 Å². The van der Waals surface area contributed by atoms with Gasteiger partial charge in [0.15, 0.2) is 0 Å². The molecule has 0 unspecified atom stereocenters. The van der Waals surface area contributed by atoms with Crippen molar-refractivity contribution in [2.45, 2.75) is 0 Å². The van der Waals surface area contributed by atoms with Gasteiger partial charge >= 0.3 is 5.97 Å². The van der Waals surface area contributed by atoms with E-state index >= 15 is 0 Å². The number of esters is 1. The van der Waals surface area contributed by atoms with E-state index in [-0.39, 0.29) is 17.2 Å². The Kier molecular flexibility index (Phi) is 3.65. The molecule has 0 saturated heterocycles. The Hall–Kier alpha value is -1.35. The molecule has 0 aliphatic rings.